The fraction of sp³-hybridized carbons (Fsp3) is 0.824. The van der Waals surface area contributed by atoms with Gasteiger partial charge >= 0.3 is 0 Å². The molecule has 0 aromatic heterocycles. The van der Waals surface area contributed by atoms with Crippen molar-refractivity contribution in [3.8, 4) is 0 Å². The Morgan fingerprint density at radius 1 is 1.13 bits per heavy atom. The Bertz CT molecular complexity index is 460. The molecule has 2 unspecified atom stereocenters. The van der Waals surface area contributed by atoms with Gasteiger partial charge in [0.15, 0.2) is 0 Å². The van der Waals surface area contributed by atoms with E-state index in [1.165, 1.54) is 0 Å². The number of carbonyl (C=O) groups excluding carboxylic acids is 3. The van der Waals surface area contributed by atoms with Crippen LogP contribution in [0.2, 0.25) is 0 Å². The van der Waals surface area contributed by atoms with Crippen LogP contribution >= 0.6 is 0 Å². The molecule has 130 valence electrons. The molecule has 1 saturated carbocycles. The molecular weight excluding hydrogens is 294 g/mol. The van der Waals surface area contributed by atoms with Crippen molar-refractivity contribution >= 4 is 17.6 Å². The predicted octanol–water partition coefficient (Wildman–Crippen LogP) is 0.849. The number of nitrogens with one attached hydrogen (secondary N) is 2. The van der Waals surface area contributed by atoms with Gasteiger partial charge in [-0.2, -0.15) is 0 Å². The van der Waals surface area contributed by atoms with Crippen LogP contribution < -0.4 is 10.6 Å². The van der Waals surface area contributed by atoms with Crippen molar-refractivity contribution < 1.29 is 14.4 Å². The highest BCUT2D eigenvalue weighted by Gasteiger charge is 2.34. The lowest BCUT2D eigenvalue weighted by Gasteiger charge is -2.23. The average Bonchev–Trinajstić information content (AvgIpc) is 3.20. The van der Waals surface area contributed by atoms with Crippen molar-refractivity contribution in [2.75, 3.05) is 13.6 Å². The number of hydrogen-bond acceptors (Lipinski definition) is 4. The number of nitrogens with zero attached hydrogens (tertiary/aromatic N) is 1. The number of Topliss-reactive ketones (excluding diaryl/α,β-unsaturated/α-hetero) is 1. The first kappa shape index (κ1) is 17.9. The summed E-state index contributed by atoms with van der Waals surface area (Å²) in [6.45, 7) is 5.03. The molecule has 6 nitrogen and oxygen atoms in total. The maximum atomic E-state index is 12.4. The Hall–Kier alpha value is -1.43. The van der Waals surface area contributed by atoms with Crippen LogP contribution in [0.25, 0.3) is 0 Å². The van der Waals surface area contributed by atoms with Gasteiger partial charge in [-0.05, 0) is 58.0 Å². The molecule has 1 aliphatic heterocycles. The molecule has 0 aromatic rings. The van der Waals surface area contributed by atoms with Gasteiger partial charge in [0.1, 0.15) is 0 Å². The fourth-order valence-corrected chi connectivity index (χ4v) is 2.92. The maximum absolute atomic E-state index is 12.4. The summed E-state index contributed by atoms with van der Waals surface area (Å²) in [5.41, 5.74) is 0. The summed E-state index contributed by atoms with van der Waals surface area (Å²) in [5.74, 6) is -0.776. The molecule has 23 heavy (non-hydrogen) atoms. The normalized spacial score (nSPS) is 22.9. The van der Waals surface area contributed by atoms with Gasteiger partial charge in [-0.25, -0.2) is 0 Å². The quantitative estimate of drug-likeness (QED) is 0.649. The van der Waals surface area contributed by atoms with E-state index in [1.54, 1.807) is 0 Å². The van der Waals surface area contributed by atoms with E-state index in [1.807, 2.05) is 11.9 Å². The summed E-state index contributed by atoms with van der Waals surface area (Å²) in [5, 5.41) is 5.55. The van der Waals surface area contributed by atoms with Crippen molar-refractivity contribution in [3.05, 3.63) is 0 Å². The lowest BCUT2D eigenvalue weighted by atomic mass is 9.99. The molecule has 6 heteroatoms. The molecule has 2 N–H and O–H groups in total. The van der Waals surface area contributed by atoms with Crippen molar-refractivity contribution in [2.45, 2.75) is 70.5 Å². The zero-order chi connectivity index (χ0) is 17.0. The van der Waals surface area contributed by atoms with Crippen LogP contribution in [0, 0.1) is 5.92 Å². The number of carbonyl (C=O) groups is 3. The Balaban J connectivity index is 1.95. The van der Waals surface area contributed by atoms with E-state index >= 15 is 0 Å². The predicted molar refractivity (Wildman–Crippen MR) is 87.8 cm³/mol. The fourth-order valence-electron chi connectivity index (χ4n) is 2.92. The molecule has 0 radical (unpaired) electrons. The molecule has 1 saturated heterocycles. The second kappa shape index (κ2) is 7.90. The molecule has 0 bridgehead atoms. The van der Waals surface area contributed by atoms with E-state index in [0.717, 1.165) is 38.6 Å². The summed E-state index contributed by atoms with van der Waals surface area (Å²) in [6, 6.07) is -0.748. The van der Waals surface area contributed by atoms with E-state index in [0.29, 0.717) is 12.3 Å². The van der Waals surface area contributed by atoms with Gasteiger partial charge in [0.2, 0.25) is 11.7 Å². The topological polar surface area (TPSA) is 78.5 Å². The first-order chi connectivity index (χ1) is 10.9. The number of likely N-dealkylation sites (tertiary alicyclic amines) is 1. The van der Waals surface area contributed by atoms with Gasteiger partial charge < -0.3 is 10.6 Å². The third kappa shape index (κ3) is 5.30. The van der Waals surface area contributed by atoms with Crippen molar-refractivity contribution in [2.24, 2.45) is 5.92 Å². The Morgan fingerprint density at radius 3 is 2.35 bits per heavy atom. The molecule has 2 aliphatic rings. The van der Waals surface area contributed by atoms with Crippen molar-refractivity contribution in [1.29, 1.82) is 0 Å². The SMILES string of the molecule is CC(C)CCC(NC(=O)C1CCCN1C)C(=O)C(=O)NC1CC1. The first-order valence-corrected chi connectivity index (χ1v) is 8.73. The monoisotopic (exact) mass is 323 g/mol. The minimum absolute atomic E-state index is 0.133. The molecule has 1 aliphatic carbocycles. The van der Waals surface area contributed by atoms with Gasteiger partial charge in [-0.1, -0.05) is 13.8 Å². The Labute approximate surface area is 138 Å². The first-order valence-electron chi connectivity index (χ1n) is 8.73. The largest absolute Gasteiger partial charge is 0.347 e. The molecule has 2 fully saturated rings. The molecule has 2 rings (SSSR count). The highest BCUT2D eigenvalue weighted by atomic mass is 16.2. The van der Waals surface area contributed by atoms with Crippen molar-refractivity contribution in [3.63, 3.8) is 0 Å². The van der Waals surface area contributed by atoms with Gasteiger partial charge in [0, 0.05) is 6.04 Å². The molecule has 0 spiro atoms. The Kier molecular flexibility index (Phi) is 6.16. The van der Waals surface area contributed by atoms with E-state index in [4.69, 9.17) is 0 Å². The number of likely N-dealkylation sites (N-methyl/N-ethyl adjacent to an activating group) is 1. The summed E-state index contributed by atoms with van der Waals surface area (Å²) in [4.78, 5) is 38.9. The standard InChI is InChI=1S/C17H29N3O3/c1-11(2)6-9-13(15(21)17(23)18-12-7-8-12)19-16(22)14-5-4-10-20(14)3/h11-14H,4-10H2,1-3H3,(H,18,23)(H,19,22). The van der Waals surface area contributed by atoms with Gasteiger partial charge in [-0.3, -0.25) is 19.3 Å². The van der Waals surface area contributed by atoms with E-state index in [-0.39, 0.29) is 18.0 Å². The minimum Gasteiger partial charge on any atom is -0.347 e. The van der Waals surface area contributed by atoms with E-state index < -0.39 is 17.7 Å². The van der Waals surface area contributed by atoms with Crippen LogP contribution in [0.5, 0.6) is 0 Å². The molecule has 2 atom stereocenters. The number of amides is 2. The maximum Gasteiger partial charge on any atom is 0.289 e. The van der Waals surface area contributed by atoms with Crippen LogP contribution in [0.15, 0.2) is 0 Å². The number of rotatable bonds is 8. The minimum atomic E-state index is -0.711. The molecule has 2 amide bonds. The molecule has 1 heterocycles. The number of ketones is 1. The summed E-state index contributed by atoms with van der Waals surface area (Å²) in [6.07, 6.45) is 4.98. The Morgan fingerprint density at radius 2 is 1.83 bits per heavy atom. The van der Waals surface area contributed by atoms with Crippen LogP contribution in [-0.4, -0.2) is 54.2 Å². The second-order valence-corrected chi connectivity index (χ2v) is 7.28. The lowest BCUT2D eigenvalue weighted by Crippen LogP contribution is -2.52. The van der Waals surface area contributed by atoms with Crippen LogP contribution in [0.3, 0.4) is 0 Å². The van der Waals surface area contributed by atoms with Crippen LogP contribution in [0.4, 0.5) is 0 Å². The van der Waals surface area contributed by atoms with Crippen LogP contribution in [0.1, 0.15) is 52.4 Å². The van der Waals surface area contributed by atoms with E-state index in [2.05, 4.69) is 24.5 Å². The molecular formula is C17H29N3O3. The summed E-state index contributed by atoms with van der Waals surface area (Å²) in [7, 11) is 1.92. The van der Waals surface area contributed by atoms with Gasteiger partial charge in [-0.15, -0.1) is 0 Å². The van der Waals surface area contributed by atoms with E-state index in [9.17, 15) is 14.4 Å². The number of hydrogen-bond donors (Lipinski definition) is 2. The van der Waals surface area contributed by atoms with Crippen molar-refractivity contribution in [1.82, 2.24) is 15.5 Å². The van der Waals surface area contributed by atoms with Crippen LogP contribution in [-0.2, 0) is 14.4 Å². The lowest BCUT2D eigenvalue weighted by molar-refractivity contribution is -0.140. The zero-order valence-electron chi connectivity index (χ0n) is 14.4. The van der Waals surface area contributed by atoms with Gasteiger partial charge in [0.25, 0.3) is 5.91 Å². The highest BCUT2D eigenvalue weighted by molar-refractivity contribution is 6.38. The zero-order valence-corrected chi connectivity index (χ0v) is 14.4. The molecule has 0 aromatic carbocycles. The third-order valence-electron chi connectivity index (χ3n) is 4.63. The summed E-state index contributed by atoms with van der Waals surface area (Å²) < 4.78 is 0. The second-order valence-electron chi connectivity index (χ2n) is 7.28. The highest BCUT2D eigenvalue weighted by Crippen LogP contribution is 2.19. The third-order valence-corrected chi connectivity index (χ3v) is 4.63. The van der Waals surface area contributed by atoms with Gasteiger partial charge in [0.05, 0.1) is 12.1 Å². The smallest absolute Gasteiger partial charge is 0.289 e. The average molecular weight is 323 g/mol. The summed E-state index contributed by atoms with van der Waals surface area (Å²) >= 11 is 0.